The van der Waals surface area contributed by atoms with Crippen molar-refractivity contribution in [2.75, 3.05) is 7.05 Å². The number of amidine groups is 1. The number of aliphatic imine (C=N–C) groups is 1. The second kappa shape index (κ2) is 10.3. The number of benzene rings is 1. The molecule has 3 rings (SSSR count). The topological polar surface area (TPSA) is 74.5 Å². The molecule has 1 saturated carbocycles. The second-order valence-corrected chi connectivity index (χ2v) is 7.51. The van der Waals surface area contributed by atoms with E-state index in [2.05, 4.69) is 16.2 Å². The smallest absolute Gasteiger partial charge is 0.686 e. The molecule has 1 heterocycles. The Morgan fingerprint density at radius 1 is 1.33 bits per heavy atom. The molecule has 2 N–H and O–H groups in total. The summed E-state index contributed by atoms with van der Waals surface area (Å²) >= 11 is 0. The maximum absolute atomic E-state index is 13.6. The number of hydrogen-bond acceptors (Lipinski definition) is 2. The van der Waals surface area contributed by atoms with E-state index >= 15 is 0 Å². The van der Waals surface area contributed by atoms with Gasteiger partial charge in [0.05, 0.1) is 5.56 Å². The summed E-state index contributed by atoms with van der Waals surface area (Å²) in [6.07, 6.45) is -0.396. The molecule has 5 nitrogen and oxygen atoms in total. The van der Waals surface area contributed by atoms with Gasteiger partial charge in [0.2, 0.25) is 5.56 Å². The van der Waals surface area contributed by atoms with Crippen molar-refractivity contribution >= 4 is 11.5 Å². The van der Waals surface area contributed by atoms with E-state index in [-0.39, 0.29) is 92.4 Å². The molecule has 2 aromatic rings. The molecule has 0 aliphatic heterocycles. The van der Waals surface area contributed by atoms with Crippen LogP contribution in [0, 0.1) is 19.3 Å². The van der Waals surface area contributed by atoms with Crippen molar-refractivity contribution in [3.05, 3.63) is 68.4 Å². The van der Waals surface area contributed by atoms with E-state index in [1.54, 1.807) is 0 Å². The van der Waals surface area contributed by atoms with Crippen LogP contribution in [0.3, 0.4) is 0 Å². The molecule has 1 fully saturated rings. The van der Waals surface area contributed by atoms with Crippen molar-refractivity contribution < 1.29 is 73.3 Å². The van der Waals surface area contributed by atoms with E-state index in [9.17, 15) is 26.7 Å². The summed E-state index contributed by atoms with van der Waals surface area (Å²) in [6.45, 7) is 1.28. The number of halogens is 5. The Bertz CT molecular complexity index is 1160. The SMILES string of the molecule is C#CC(N=C(N)c1cn(C2(C(F)F)CC2)c(=O)cc1[N-]C)c1cccc(C(F)(F)F)c1C.[K+]. The molecule has 1 atom stereocenters. The Kier molecular flexibility index (Phi) is 8.57. The zero-order valence-electron chi connectivity index (χ0n) is 18.3. The van der Waals surface area contributed by atoms with Gasteiger partial charge in [-0.25, -0.2) is 13.8 Å². The third-order valence-corrected chi connectivity index (χ3v) is 5.60. The summed E-state index contributed by atoms with van der Waals surface area (Å²) in [5, 5.41) is 3.95. The molecule has 0 spiro atoms. The van der Waals surface area contributed by atoms with E-state index in [0.717, 1.165) is 22.9 Å². The fraction of sp³-hybridized carbons (Fsp3) is 0.364. The Balaban J connectivity index is 0.00000385. The quantitative estimate of drug-likeness (QED) is 0.220. The Morgan fingerprint density at radius 2 is 1.97 bits per heavy atom. The fourth-order valence-corrected chi connectivity index (χ4v) is 3.61. The van der Waals surface area contributed by atoms with Crippen LogP contribution in [0.15, 0.2) is 40.2 Å². The second-order valence-electron chi connectivity index (χ2n) is 7.51. The predicted molar refractivity (Wildman–Crippen MR) is 111 cm³/mol. The molecule has 170 valence electrons. The third-order valence-electron chi connectivity index (χ3n) is 5.60. The third kappa shape index (κ3) is 5.35. The molecule has 0 saturated heterocycles. The zero-order valence-corrected chi connectivity index (χ0v) is 21.4. The molecule has 0 radical (unpaired) electrons. The largest absolute Gasteiger partial charge is 1.00 e. The van der Waals surface area contributed by atoms with Gasteiger partial charge in [0.15, 0.2) is 0 Å². The summed E-state index contributed by atoms with van der Waals surface area (Å²) in [5.41, 5.74) is 3.18. The summed E-state index contributed by atoms with van der Waals surface area (Å²) < 4.78 is 67.8. The van der Waals surface area contributed by atoms with Gasteiger partial charge in [-0.15, -0.1) is 19.2 Å². The predicted octanol–water partition coefficient (Wildman–Crippen LogP) is 1.65. The minimum atomic E-state index is -4.58. The number of nitrogens with two attached hydrogens (primary N) is 1. The van der Waals surface area contributed by atoms with Gasteiger partial charge in [-0.05, 0) is 43.0 Å². The van der Waals surface area contributed by atoms with Gasteiger partial charge in [0, 0.05) is 11.8 Å². The van der Waals surface area contributed by atoms with Crippen molar-refractivity contribution in [1.82, 2.24) is 4.57 Å². The van der Waals surface area contributed by atoms with Gasteiger partial charge in [0.25, 0.3) is 6.43 Å². The van der Waals surface area contributed by atoms with Crippen molar-refractivity contribution in [1.29, 1.82) is 0 Å². The number of terminal acetylenes is 1. The Morgan fingerprint density at radius 3 is 2.45 bits per heavy atom. The molecule has 0 bridgehead atoms. The van der Waals surface area contributed by atoms with Gasteiger partial charge in [-0.1, -0.05) is 18.1 Å². The van der Waals surface area contributed by atoms with E-state index < -0.39 is 35.3 Å². The zero-order chi connectivity index (χ0) is 23.8. The van der Waals surface area contributed by atoms with Crippen LogP contribution < -0.4 is 62.7 Å². The first-order valence-electron chi connectivity index (χ1n) is 9.58. The molecular formula is C22H20F5KN4O. The van der Waals surface area contributed by atoms with Crippen LogP contribution in [0.2, 0.25) is 0 Å². The summed E-state index contributed by atoms with van der Waals surface area (Å²) in [4.78, 5) is 16.6. The molecule has 1 aliphatic carbocycles. The van der Waals surface area contributed by atoms with Crippen molar-refractivity contribution in [3.63, 3.8) is 0 Å². The van der Waals surface area contributed by atoms with Crippen molar-refractivity contribution in [3.8, 4) is 12.3 Å². The van der Waals surface area contributed by atoms with Crippen LogP contribution in [0.4, 0.5) is 27.6 Å². The van der Waals surface area contributed by atoms with E-state index in [1.165, 1.54) is 26.1 Å². The van der Waals surface area contributed by atoms with Crippen LogP contribution in [0.1, 0.15) is 41.1 Å². The van der Waals surface area contributed by atoms with Crippen LogP contribution >= 0.6 is 0 Å². The standard InChI is InChI=1S/C22H21F5N4O.K/c1-4-16(13-6-5-7-15(12(13)2)22(25,26)27)30-19(28)14-11-31(18(32)10-17(14)29-3)21(8-9-21)20(23)24;/h1,5-7,10-11,16,20H,8-9H2,2-3H3,(H3,28,29,30,32);/q;+1/p-1. The minimum absolute atomic E-state index is 0. The molecular weight excluding hydrogens is 470 g/mol. The monoisotopic (exact) mass is 490 g/mol. The number of rotatable bonds is 6. The average molecular weight is 491 g/mol. The number of hydrogen-bond donors (Lipinski definition) is 1. The van der Waals surface area contributed by atoms with Gasteiger partial charge in [-0.2, -0.15) is 13.2 Å². The average Bonchev–Trinajstić information content (AvgIpc) is 3.53. The van der Waals surface area contributed by atoms with Gasteiger partial charge in [-0.3, -0.25) is 4.79 Å². The van der Waals surface area contributed by atoms with E-state index in [1.807, 2.05) is 0 Å². The van der Waals surface area contributed by atoms with Gasteiger partial charge >= 0.3 is 57.6 Å². The van der Waals surface area contributed by atoms with Crippen LogP contribution in [0.25, 0.3) is 5.32 Å². The van der Waals surface area contributed by atoms with Crippen LogP contribution in [-0.4, -0.2) is 23.9 Å². The fourth-order valence-electron chi connectivity index (χ4n) is 3.61. The normalized spacial score (nSPS) is 16.0. The summed E-state index contributed by atoms with van der Waals surface area (Å²) in [5.74, 6) is 2.08. The van der Waals surface area contributed by atoms with Crippen molar-refractivity contribution in [2.24, 2.45) is 10.7 Å². The molecule has 33 heavy (non-hydrogen) atoms. The van der Waals surface area contributed by atoms with Crippen molar-refractivity contribution in [2.45, 2.75) is 43.9 Å². The molecule has 1 aliphatic rings. The number of nitrogens with zero attached hydrogens (tertiary/aromatic N) is 3. The molecule has 11 heteroatoms. The number of alkyl halides is 5. The molecule has 1 aromatic heterocycles. The molecule has 1 aromatic carbocycles. The first-order chi connectivity index (χ1) is 15.0. The Hall–Kier alpha value is -1.71. The molecule has 1 unspecified atom stereocenters. The van der Waals surface area contributed by atoms with Gasteiger partial charge in [0.1, 0.15) is 17.4 Å². The summed E-state index contributed by atoms with van der Waals surface area (Å²) in [7, 11) is 1.38. The Labute approximate surface area is 230 Å². The first-order valence-corrected chi connectivity index (χ1v) is 9.58. The summed E-state index contributed by atoms with van der Waals surface area (Å²) in [6, 6.07) is 3.46. The maximum atomic E-state index is 13.6. The minimum Gasteiger partial charge on any atom is -0.686 e. The van der Waals surface area contributed by atoms with E-state index in [0.29, 0.717) is 0 Å². The number of aromatic nitrogens is 1. The first kappa shape index (κ1) is 27.5. The van der Waals surface area contributed by atoms with E-state index in [4.69, 9.17) is 12.2 Å². The number of pyridine rings is 1. The van der Waals surface area contributed by atoms with Crippen LogP contribution in [0.5, 0.6) is 0 Å². The van der Waals surface area contributed by atoms with Crippen LogP contribution in [-0.2, 0) is 11.7 Å². The maximum Gasteiger partial charge on any atom is 1.00 e. The molecule has 0 amide bonds. The van der Waals surface area contributed by atoms with Gasteiger partial charge < -0.3 is 15.6 Å².